The van der Waals surface area contributed by atoms with Gasteiger partial charge in [0, 0.05) is 12.8 Å². The first-order chi connectivity index (χ1) is 14.5. The van der Waals surface area contributed by atoms with Gasteiger partial charge < -0.3 is 19.7 Å². The molecule has 1 aliphatic heterocycles. The van der Waals surface area contributed by atoms with Crippen molar-refractivity contribution in [3.63, 3.8) is 0 Å². The predicted molar refractivity (Wildman–Crippen MR) is 114 cm³/mol. The Balaban J connectivity index is 1.77. The molecule has 0 bridgehead atoms. The molecule has 5 heteroatoms. The van der Waals surface area contributed by atoms with Crippen LogP contribution in [-0.4, -0.2) is 36.1 Å². The topological polar surface area (TPSA) is 58.9 Å². The first kappa shape index (κ1) is 20.8. The maximum atomic E-state index is 14.2. The summed E-state index contributed by atoms with van der Waals surface area (Å²) < 4.78 is 25.3. The molecule has 1 heterocycles. The lowest BCUT2D eigenvalue weighted by atomic mass is 9.87. The zero-order valence-corrected chi connectivity index (χ0v) is 17.3. The minimum absolute atomic E-state index is 0.116. The summed E-state index contributed by atoms with van der Waals surface area (Å²) in [6.07, 6.45) is 0.305. The quantitative estimate of drug-likeness (QED) is 0.652. The molecule has 0 spiro atoms. The zero-order chi connectivity index (χ0) is 21.3. The number of aryl methyl sites for hydroxylation is 1. The number of rotatable bonds is 5. The molecular formula is C25H27FO4. The normalized spacial score (nSPS) is 21.7. The Morgan fingerprint density at radius 1 is 1.10 bits per heavy atom. The van der Waals surface area contributed by atoms with Gasteiger partial charge in [-0.2, -0.15) is 0 Å². The number of hydrogen-bond donors (Lipinski definition) is 2. The first-order valence-electron chi connectivity index (χ1n) is 10.3. The molecule has 0 radical (unpaired) electrons. The summed E-state index contributed by atoms with van der Waals surface area (Å²) >= 11 is 0. The van der Waals surface area contributed by atoms with Gasteiger partial charge in [0.1, 0.15) is 0 Å². The average molecular weight is 410 g/mol. The van der Waals surface area contributed by atoms with Gasteiger partial charge >= 0.3 is 0 Å². The Morgan fingerprint density at radius 2 is 1.87 bits per heavy atom. The Kier molecular flexibility index (Phi) is 6.04. The summed E-state index contributed by atoms with van der Waals surface area (Å²) in [6.45, 7) is 1.96. The number of fused-ring (bicyclic) bond motifs is 1. The predicted octanol–water partition coefficient (Wildman–Crippen LogP) is 4.46. The van der Waals surface area contributed by atoms with E-state index in [0.29, 0.717) is 19.3 Å². The van der Waals surface area contributed by atoms with Crippen molar-refractivity contribution in [2.24, 2.45) is 0 Å². The van der Waals surface area contributed by atoms with Crippen LogP contribution in [-0.2, 0) is 11.2 Å². The van der Waals surface area contributed by atoms with Crippen LogP contribution in [0.1, 0.15) is 41.2 Å². The second kappa shape index (κ2) is 8.72. The van der Waals surface area contributed by atoms with Crippen LogP contribution in [0, 0.1) is 12.7 Å². The fourth-order valence-corrected chi connectivity index (χ4v) is 4.41. The highest BCUT2D eigenvalue weighted by atomic mass is 19.1. The Morgan fingerprint density at radius 3 is 2.57 bits per heavy atom. The largest absolute Gasteiger partial charge is 0.494 e. The van der Waals surface area contributed by atoms with Crippen LogP contribution in [0.5, 0.6) is 5.75 Å². The molecule has 3 unspecified atom stereocenters. The molecule has 1 aliphatic rings. The number of ether oxygens (including phenoxy) is 2. The molecule has 2 N–H and O–H groups in total. The monoisotopic (exact) mass is 410 g/mol. The average Bonchev–Trinajstić information content (AvgIpc) is 2.75. The van der Waals surface area contributed by atoms with Crippen molar-refractivity contribution in [3.8, 4) is 5.75 Å². The molecule has 4 rings (SSSR count). The van der Waals surface area contributed by atoms with Crippen LogP contribution < -0.4 is 4.74 Å². The Hall–Kier alpha value is -2.47. The third-order valence-electron chi connectivity index (χ3n) is 5.99. The van der Waals surface area contributed by atoms with Crippen molar-refractivity contribution < 1.29 is 24.1 Å². The van der Waals surface area contributed by atoms with E-state index in [1.807, 2.05) is 18.2 Å². The van der Waals surface area contributed by atoms with Crippen molar-refractivity contribution in [3.05, 3.63) is 76.6 Å². The lowest BCUT2D eigenvalue weighted by molar-refractivity contribution is -0.113. The maximum Gasteiger partial charge on any atom is 0.165 e. The van der Waals surface area contributed by atoms with Gasteiger partial charge in [0.2, 0.25) is 0 Å². The summed E-state index contributed by atoms with van der Waals surface area (Å²) in [5.74, 6) is -0.146. The van der Waals surface area contributed by atoms with Gasteiger partial charge in [0.15, 0.2) is 11.6 Å². The number of halogens is 1. The molecule has 1 fully saturated rings. The number of benzene rings is 3. The number of aliphatic hydroxyl groups is 2. The molecule has 30 heavy (non-hydrogen) atoms. The second-order valence-electron chi connectivity index (χ2n) is 8.00. The lowest BCUT2D eigenvalue weighted by Gasteiger charge is -2.33. The summed E-state index contributed by atoms with van der Waals surface area (Å²) in [5, 5.41) is 22.1. The van der Waals surface area contributed by atoms with Gasteiger partial charge in [-0.3, -0.25) is 0 Å². The van der Waals surface area contributed by atoms with E-state index in [0.717, 1.165) is 33.0 Å². The molecule has 3 atom stereocenters. The SMILES string of the molecule is COc1ccc(Cc2cc(C3CC(O)CC(CO)O3)c3ccccc3c2C)cc1F. The van der Waals surface area contributed by atoms with Gasteiger partial charge in [-0.15, -0.1) is 0 Å². The molecule has 4 nitrogen and oxygen atoms in total. The zero-order valence-electron chi connectivity index (χ0n) is 17.3. The lowest BCUT2D eigenvalue weighted by Crippen LogP contribution is -2.33. The van der Waals surface area contributed by atoms with Crippen LogP contribution in [0.15, 0.2) is 48.5 Å². The number of aliphatic hydroxyl groups excluding tert-OH is 2. The van der Waals surface area contributed by atoms with E-state index in [9.17, 15) is 14.6 Å². The van der Waals surface area contributed by atoms with Gasteiger partial charge in [0.05, 0.1) is 32.0 Å². The minimum Gasteiger partial charge on any atom is -0.494 e. The molecule has 0 aromatic heterocycles. The number of hydrogen-bond acceptors (Lipinski definition) is 4. The van der Waals surface area contributed by atoms with E-state index < -0.39 is 6.10 Å². The minimum atomic E-state index is -0.514. The molecule has 0 aliphatic carbocycles. The van der Waals surface area contributed by atoms with Crippen LogP contribution >= 0.6 is 0 Å². The second-order valence-corrected chi connectivity index (χ2v) is 8.00. The molecule has 0 amide bonds. The van der Waals surface area contributed by atoms with E-state index >= 15 is 0 Å². The summed E-state index contributed by atoms with van der Waals surface area (Å²) in [5.41, 5.74) is 4.07. The standard InChI is InChI=1S/C25H27FO4/c1-15-17(9-16-7-8-24(29-2)23(26)10-16)11-22(21-6-4-3-5-20(15)21)25-13-18(28)12-19(14-27)30-25/h3-8,10-11,18-19,25,27-28H,9,12-14H2,1-2H3. The molecule has 158 valence electrons. The summed E-state index contributed by atoms with van der Waals surface area (Å²) in [6, 6.07) is 15.3. The fraction of sp³-hybridized carbons (Fsp3) is 0.360. The van der Waals surface area contributed by atoms with Gasteiger partial charge in [-0.25, -0.2) is 4.39 Å². The molecule has 3 aromatic rings. The highest BCUT2D eigenvalue weighted by Crippen LogP contribution is 2.38. The van der Waals surface area contributed by atoms with Crippen LogP contribution in [0.25, 0.3) is 10.8 Å². The highest BCUT2D eigenvalue weighted by Gasteiger charge is 2.30. The highest BCUT2D eigenvalue weighted by molar-refractivity contribution is 5.90. The first-order valence-corrected chi connectivity index (χ1v) is 10.3. The smallest absolute Gasteiger partial charge is 0.165 e. The summed E-state index contributed by atoms with van der Waals surface area (Å²) in [4.78, 5) is 0. The third-order valence-corrected chi connectivity index (χ3v) is 5.99. The van der Waals surface area contributed by atoms with Crippen molar-refractivity contribution in [1.82, 2.24) is 0 Å². The van der Waals surface area contributed by atoms with Crippen molar-refractivity contribution in [2.45, 2.75) is 44.5 Å². The molecule has 1 saturated heterocycles. The molecular weight excluding hydrogens is 383 g/mol. The van der Waals surface area contributed by atoms with Crippen LogP contribution in [0.4, 0.5) is 4.39 Å². The van der Waals surface area contributed by atoms with Crippen molar-refractivity contribution in [2.75, 3.05) is 13.7 Å². The van der Waals surface area contributed by atoms with E-state index in [4.69, 9.17) is 9.47 Å². The van der Waals surface area contributed by atoms with Gasteiger partial charge in [-0.05, 0) is 58.5 Å². The van der Waals surface area contributed by atoms with E-state index in [-0.39, 0.29) is 30.4 Å². The van der Waals surface area contributed by atoms with Crippen LogP contribution in [0.3, 0.4) is 0 Å². The fourth-order valence-electron chi connectivity index (χ4n) is 4.41. The Bertz CT molecular complexity index is 1050. The van der Waals surface area contributed by atoms with Crippen molar-refractivity contribution in [1.29, 1.82) is 0 Å². The van der Waals surface area contributed by atoms with Crippen LogP contribution in [0.2, 0.25) is 0 Å². The van der Waals surface area contributed by atoms with E-state index in [2.05, 4.69) is 25.1 Å². The van der Waals surface area contributed by atoms with Gasteiger partial charge in [0.25, 0.3) is 0 Å². The Labute approximate surface area is 175 Å². The van der Waals surface area contributed by atoms with E-state index in [1.165, 1.54) is 13.2 Å². The molecule has 0 saturated carbocycles. The number of methoxy groups -OCH3 is 1. The van der Waals surface area contributed by atoms with E-state index in [1.54, 1.807) is 6.07 Å². The maximum absolute atomic E-state index is 14.2. The van der Waals surface area contributed by atoms with Gasteiger partial charge in [-0.1, -0.05) is 36.4 Å². The molecule has 3 aromatic carbocycles. The third kappa shape index (κ3) is 4.06. The van der Waals surface area contributed by atoms with Crippen molar-refractivity contribution >= 4 is 10.8 Å². The summed E-state index contributed by atoms with van der Waals surface area (Å²) in [7, 11) is 1.45.